The van der Waals surface area contributed by atoms with Gasteiger partial charge < -0.3 is 4.74 Å². The molecule has 0 saturated carbocycles. The molecule has 3 nitrogen and oxygen atoms in total. The van der Waals surface area contributed by atoms with Crippen molar-refractivity contribution in [3.05, 3.63) is 97.3 Å². The lowest BCUT2D eigenvalue weighted by atomic mass is 10.1. The van der Waals surface area contributed by atoms with Crippen LogP contribution in [0.2, 0.25) is 10.0 Å². The van der Waals surface area contributed by atoms with Crippen LogP contribution in [0.25, 0.3) is 6.08 Å². The molecule has 1 saturated heterocycles. The molecule has 0 aliphatic carbocycles. The predicted molar refractivity (Wildman–Crippen MR) is 137 cm³/mol. The lowest BCUT2D eigenvalue weighted by molar-refractivity contribution is -0.113. The largest absolute Gasteiger partial charge is 0.488 e. The van der Waals surface area contributed by atoms with Gasteiger partial charge in [-0.25, -0.2) is 0 Å². The predicted octanol–water partition coefficient (Wildman–Crippen LogP) is 7.74. The van der Waals surface area contributed by atoms with Crippen molar-refractivity contribution < 1.29 is 9.53 Å². The first kappa shape index (κ1) is 22.4. The van der Waals surface area contributed by atoms with Crippen molar-refractivity contribution in [2.45, 2.75) is 6.61 Å². The molecule has 0 bridgehead atoms. The highest BCUT2D eigenvalue weighted by Gasteiger charge is 2.33. The third-order valence-electron chi connectivity index (χ3n) is 4.46. The zero-order valence-corrected chi connectivity index (χ0v) is 20.6. The van der Waals surface area contributed by atoms with Gasteiger partial charge in [-0.1, -0.05) is 87.4 Å². The molecule has 1 aliphatic heterocycles. The average Bonchev–Trinajstić information content (AvgIpc) is 3.01. The van der Waals surface area contributed by atoms with Gasteiger partial charge in [0, 0.05) is 25.6 Å². The zero-order valence-electron chi connectivity index (χ0n) is 15.8. The number of thioether (sulfide) groups is 1. The molecule has 0 spiro atoms. The van der Waals surface area contributed by atoms with E-state index in [1.54, 1.807) is 30.3 Å². The number of carbonyl (C=O) groups is 1. The second kappa shape index (κ2) is 9.76. The molecule has 1 amide bonds. The van der Waals surface area contributed by atoms with Crippen LogP contribution in [0, 0.1) is 0 Å². The van der Waals surface area contributed by atoms with E-state index in [0.717, 1.165) is 15.6 Å². The Hall–Kier alpha value is -1.83. The summed E-state index contributed by atoms with van der Waals surface area (Å²) >= 11 is 22.5. The van der Waals surface area contributed by atoms with Gasteiger partial charge in [0.15, 0.2) is 4.32 Å². The molecule has 0 N–H and O–H groups in total. The normalized spacial score (nSPS) is 15.1. The number of hydrogen-bond donors (Lipinski definition) is 0. The third kappa shape index (κ3) is 5.16. The number of hydrogen-bond acceptors (Lipinski definition) is 4. The first-order chi connectivity index (χ1) is 14.9. The smallest absolute Gasteiger partial charge is 0.270 e. The second-order valence-electron chi connectivity index (χ2n) is 6.56. The Bertz CT molecular complexity index is 1220. The van der Waals surface area contributed by atoms with Crippen molar-refractivity contribution in [3.8, 4) is 5.75 Å². The van der Waals surface area contributed by atoms with Gasteiger partial charge in [-0.15, -0.1) is 0 Å². The summed E-state index contributed by atoms with van der Waals surface area (Å²) in [5.74, 6) is 0.436. The van der Waals surface area contributed by atoms with Gasteiger partial charge in [0.05, 0.1) is 10.6 Å². The Balaban J connectivity index is 1.62. The fourth-order valence-corrected chi connectivity index (χ4v) is 5.02. The molecule has 1 aliphatic rings. The fourth-order valence-electron chi connectivity index (χ4n) is 2.98. The monoisotopic (exact) mass is 549 g/mol. The molecule has 4 rings (SSSR count). The third-order valence-corrected chi connectivity index (χ3v) is 6.86. The molecule has 156 valence electrons. The summed E-state index contributed by atoms with van der Waals surface area (Å²) in [4.78, 5) is 15.1. The highest BCUT2D eigenvalue weighted by Crippen LogP contribution is 2.38. The van der Waals surface area contributed by atoms with Gasteiger partial charge in [-0.05, 0) is 48.5 Å². The Labute approximate surface area is 208 Å². The number of ether oxygens (including phenoxy) is 1. The first-order valence-electron chi connectivity index (χ1n) is 9.11. The SMILES string of the molecule is O=C1/C(=C/c2cc(Br)ccc2OCc2ccccc2Cl)SC(=S)N1c1cccc(Cl)c1. The summed E-state index contributed by atoms with van der Waals surface area (Å²) in [6.45, 7) is 0.311. The van der Waals surface area contributed by atoms with Crippen molar-refractivity contribution in [1.82, 2.24) is 0 Å². The lowest BCUT2D eigenvalue weighted by Gasteiger charge is -2.14. The number of anilines is 1. The maximum Gasteiger partial charge on any atom is 0.270 e. The number of carbonyl (C=O) groups excluding carboxylic acids is 1. The average molecular weight is 551 g/mol. The van der Waals surface area contributed by atoms with Crippen molar-refractivity contribution in [1.29, 1.82) is 0 Å². The van der Waals surface area contributed by atoms with Gasteiger partial charge in [0.1, 0.15) is 12.4 Å². The van der Waals surface area contributed by atoms with Gasteiger partial charge in [-0.2, -0.15) is 0 Å². The fraction of sp³-hybridized carbons (Fsp3) is 0.0435. The molecule has 1 fully saturated rings. The van der Waals surface area contributed by atoms with Gasteiger partial charge in [0.25, 0.3) is 5.91 Å². The molecule has 3 aromatic carbocycles. The molecule has 3 aromatic rings. The maximum atomic E-state index is 13.1. The van der Waals surface area contributed by atoms with Gasteiger partial charge in [-0.3, -0.25) is 9.69 Å². The highest BCUT2D eigenvalue weighted by atomic mass is 79.9. The molecule has 0 unspecified atom stereocenters. The molecular weight excluding hydrogens is 537 g/mol. The van der Waals surface area contributed by atoms with Gasteiger partial charge in [0.2, 0.25) is 0 Å². The van der Waals surface area contributed by atoms with E-state index >= 15 is 0 Å². The number of benzene rings is 3. The number of amides is 1. The van der Waals surface area contributed by atoms with Crippen molar-refractivity contribution in [2.75, 3.05) is 4.90 Å². The molecule has 31 heavy (non-hydrogen) atoms. The molecular formula is C23H14BrCl2NO2S2. The lowest BCUT2D eigenvalue weighted by Crippen LogP contribution is -2.27. The Kier molecular flexibility index (Phi) is 7.04. The summed E-state index contributed by atoms with van der Waals surface area (Å²) in [5, 5.41) is 1.18. The highest BCUT2D eigenvalue weighted by molar-refractivity contribution is 9.10. The van der Waals surface area contributed by atoms with Crippen LogP contribution in [0.5, 0.6) is 5.75 Å². The van der Waals surface area contributed by atoms with E-state index in [1.807, 2.05) is 42.5 Å². The number of nitrogens with zero attached hydrogens (tertiary/aromatic N) is 1. The van der Waals surface area contributed by atoms with Crippen molar-refractivity contribution in [2.24, 2.45) is 0 Å². The number of thiocarbonyl (C=S) groups is 1. The van der Waals surface area contributed by atoms with Crippen LogP contribution >= 0.6 is 63.1 Å². The van der Waals surface area contributed by atoms with Crippen LogP contribution in [-0.2, 0) is 11.4 Å². The topological polar surface area (TPSA) is 29.5 Å². The van der Waals surface area contributed by atoms with Gasteiger partial charge >= 0.3 is 0 Å². The van der Waals surface area contributed by atoms with Crippen LogP contribution in [0.4, 0.5) is 5.69 Å². The minimum Gasteiger partial charge on any atom is -0.488 e. The van der Waals surface area contributed by atoms with E-state index in [2.05, 4.69) is 15.9 Å². The van der Waals surface area contributed by atoms with E-state index in [1.165, 1.54) is 16.7 Å². The zero-order chi connectivity index (χ0) is 22.0. The van der Waals surface area contributed by atoms with E-state index in [4.69, 9.17) is 40.2 Å². The number of halogens is 3. The summed E-state index contributed by atoms with van der Waals surface area (Å²) in [5.41, 5.74) is 2.28. The molecule has 8 heteroatoms. The quantitative estimate of drug-likeness (QED) is 0.240. The van der Waals surface area contributed by atoms with E-state index in [9.17, 15) is 4.79 Å². The van der Waals surface area contributed by atoms with E-state index in [-0.39, 0.29) is 5.91 Å². The molecule has 1 heterocycles. The van der Waals surface area contributed by atoms with Crippen LogP contribution in [-0.4, -0.2) is 10.2 Å². The molecule has 0 radical (unpaired) electrons. The minimum absolute atomic E-state index is 0.200. The molecule has 0 aromatic heterocycles. The summed E-state index contributed by atoms with van der Waals surface area (Å²) in [7, 11) is 0. The molecule has 0 atom stereocenters. The van der Waals surface area contributed by atoms with Crippen molar-refractivity contribution in [3.63, 3.8) is 0 Å². The summed E-state index contributed by atoms with van der Waals surface area (Å²) in [6.07, 6.45) is 1.79. The summed E-state index contributed by atoms with van der Waals surface area (Å²) < 4.78 is 7.34. The first-order valence-corrected chi connectivity index (χ1v) is 11.9. The minimum atomic E-state index is -0.200. The Morgan fingerprint density at radius 3 is 2.65 bits per heavy atom. The summed E-state index contributed by atoms with van der Waals surface area (Å²) in [6, 6.07) is 20.2. The Morgan fingerprint density at radius 1 is 1.06 bits per heavy atom. The Morgan fingerprint density at radius 2 is 1.87 bits per heavy atom. The van der Waals surface area contributed by atoms with E-state index in [0.29, 0.717) is 37.3 Å². The van der Waals surface area contributed by atoms with Crippen LogP contribution in [0.3, 0.4) is 0 Å². The van der Waals surface area contributed by atoms with Crippen LogP contribution in [0.15, 0.2) is 76.1 Å². The number of rotatable bonds is 5. The van der Waals surface area contributed by atoms with E-state index < -0.39 is 0 Å². The van der Waals surface area contributed by atoms with Crippen molar-refractivity contribution >= 4 is 85.1 Å². The van der Waals surface area contributed by atoms with Crippen LogP contribution < -0.4 is 9.64 Å². The maximum absolute atomic E-state index is 13.1. The van der Waals surface area contributed by atoms with Crippen LogP contribution in [0.1, 0.15) is 11.1 Å². The standard InChI is InChI=1S/C23H14BrCl2NO2S2/c24-16-8-9-20(29-13-14-4-1-2-7-19(14)26)15(10-16)11-21-22(28)27(23(30)31-21)18-6-3-5-17(25)12-18/h1-12H,13H2/b21-11-. The second-order valence-corrected chi connectivity index (χ2v) is 9.99.